The predicted molar refractivity (Wildman–Crippen MR) is 77.5 cm³/mol. The molecule has 1 amide bonds. The summed E-state index contributed by atoms with van der Waals surface area (Å²) in [5.74, 6) is 0.0266. The molecule has 96 valence electrons. The Bertz CT molecular complexity index is 541. The second-order valence-corrected chi connectivity index (χ2v) is 5.68. The zero-order valence-corrected chi connectivity index (χ0v) is 12.0. The number of hydrogen-bond acceptors (Lipinski definition) is 3. The van der Waals surface area contributed by atoms with Crippen LogP contribution in [-0.2, 0) is 4.79 Å². The van der Waals surface area contributed by atoms with Gasteiger partial charge in [0, 0.05) is 11.4 Å². The fourth-order valence-electron chi connectivity index (χ4n) is 1.62. The zero-order valence-electron chi connectivity index (χ0n) is 10.4. The highest BCUT2D eigenvalue weighted by atomic mass is 35.5. The highest BCUT2D eigenvalue weighted by Gasteiger charge is 2.09. The minimum atomic E-state index is 0.0266. The number of nitrogens with zero attached hydrogens (tertiary/aromatic N) is 1. The van der Waals surface area contributed by atoms with Crippen LogP contribution in [0.1, 0.15) is 31.7 Å². The first kappa shape index (κ1) is 13.3. The van der Waals surface area contributed by atoms with Gasteiger partial charge in [-0.15, -0.1) is 0 Å². The molecule has 2 rings (SSSR count). The van der Waals surface area contributed by atoms with Gasteiger partial charge in [-0.25, -0.2) is 4.98 Å². The smallest absolute Gasteiger partial charge is 0.226 e. The van der Waals surface area contributed by atoms with Gasteiger partial charge in [-0.05, 0) is 31.0 Å². The molecule has 0 aliphatic rings. The molecule has 0 fully saturated rings. The highest BCUT2D eigenvalue weighted by molar-refractivity contribution is 7.22. The summed E-state index contributed by atoms with van der Waals surface area (Å²) in [7, 11) is 0. The number of fused-ring (bicyclic) bond motifs is 1. The minimum Gasteiger partial charge on any atom is -0.302 e. The van der Waals surface area contributed by atoms with E-state index in [1.54, 1.807) is 0 Å². The molecule has 1 heterocycles. The van der Waals surface area contributed by atoms with E-state index in [0.29, 0.717) is 16.6 Å². The van der Waals surface area contributed by atoms with Crippen molar-refractivity contribution in [3.63, 3.8) is 0 Å². The number of thiazole rings is 1. The van der Waals surface area contributed by atoms with E-state index < -0.39 is 0 Å². The molecular formula is C13H15ClN2OS. The van der Waals surface area contributed by atoms with Crippen LogP contribution in [-0.4, -0.2) is 10.9 Å². The normalized spacial score (nSPS) is 10.8. The van der Waals surface area contributed by atoms with E-state index in [1.165, 1.54) is 11.3 Å². The number of carbonyl (C=O) groups is 1. The van der Waals surface area contributed by atoms with E-state index in [0.717, 1.165) is 28.6 Å². The Morgan fingerprint density at radius 3 is 3.00 bits per heavy atom. The predicted octanol–water partition coefficient (Wildman–Crippen LogP) is 4.39. The summed E-state index contributed by atoms with van der Waals surface area (Å²) in [5.41, 5.74) is 1.86. The Balaban J connectivity index is 2.17. The van der Waals surface area contributed by atoms with Crippen LogP contribution in [0, 0.1) is 6.92 Å². The molecule has 1 N–H and O–H groups in total. The first-order valence-corrected chi connectivity index (χ1v) is 7.16. The van der Waals surface area contributed by atoms with Gasteiger partial charge in [-0.2, -0.15) is 0 Å². The van der Waals surface area contributed by atoms with Gasteiger partial charge in [0.25, 0.3) is 0 Å². The molecule has 0 atom stereocenters. The van der Waals surface area contributed by atoms with Crippen LogP contribution in [0.15, 0.2) is 12.1 Å². The van der Waals surface area contributed by atoms with E-state index in [-0.39, 0.29) is 5.91 Å². The Morgan fingerprint density at radius 1 is 1.50 bits per heavy atom. The molecule has 0 saturated carbocycles. The van der Waals surface area contributed by atoms with E-state index >= 15 is 0 Å². The maximum absolute atomic E-state index is 11.6. The Hall–Kier alpha value is -1.13. The van der Waals surface area contributed by atoms with Gasteiger partial charge in [0.05, 0.1) is 10.2 Å². The first-order chi connectivity index (χ1) is 8.60. The van der Waals surface area contributed by atoms with Gasteiger partial charge >= 0.3 is 0 Å². The van der Waals surface area contributed by atoms with Crippen LogP contribution >= 0.6 is 22.9 Å². The number of carbonyl (C=O) groups excluding carboxylic acids is 1. The zero-order chi connectivity index (χ0) is 13.1. The monoisotopic (exact) mass is 282 g/mol. The van der Waals surface area contributed by atoms with Crippen molar-refractivity contribution in [3.05, 3.63) is 22.7 Å². The summed E-state index contributed by atoms with van der Waals surface area (Å²) < 4.78 is 1.04. The van der Waals surface area contributed by atoms with E-state index in [4.69, 9.17) is 11.6 Å². The number of hydrogen-bond donors (Lipinski definition) is 1. The molecule has 0 spiro atoms. The standard InChI is InChI=1S/C13H15ClN2OS/c1-3-4-5-12(17)16-13-15-10-7-9(14)8(2)6-11(10)18-13/h6-7H,3-5H2,1-2H3,(H,15,16,17). The second kappa shape index (κ2) is 5.67. The van der Waals surface area contributed by atoms with Crippen molar-refractivity contribution in [2.75, 3.05) is 5.32 Å². The summed E-state index contributed by atoms with van der Waals surface area (Å²) in [6.07, 6.45) is 2.47. The molecule has 18 heavy (non-hydrogen) atoms. The van der Waals surface area contributed by atoms with Crippen molar-refractivity contribution in [1.29, 1.82) is 0 Å². The van der Waals surface area contributed by atoms with Crippen molar-refractivity contribution < 1.29 is 4.79 Å². The second-order valence-electron chi connectivity index (χ2n) is 4.24. The molecule has 2 aromatic rings. The quantitative estimate of drug-likeness (QED) is 0.904. The van der Waals surface area contributed by atoms with Gasteiger partial charge in [-0.1, -0.05) is 36.3 Å². The first-order valence-electron chi connectivity index (χ1n) is 5.96. The largest absolute Gasteiger partial charge is 0.302 e. The summed E-state index contributed by atoms with van der Waals surface area (Å²) in [6.45, 7) is 4.02. The van der Waals surface area contributed by atoms with Gasteiger partial charge in [0.2, 0.25) is 5.91 Å². The molecule has 5 heteroatoms. The molecular weight excluding hydrogens is 268 g/mol. The van der Waals surface area contributed by atoms with Crippen molar-refractivity contribution in [2.45, 2.75) is 33.1 Å². The number of aryl methyl sites for hydroxylation is 1. The van der Waals surface area contributed by atoms with Crippen LogP contribution in [0.5, 0.6) is 0 Å². The summed E-state index contributed by atoms with van der Waals surface area (Å²) in [6, 6.07) is 3.83. The van der Waals surface area contributed by atoms with Gasteiger partial charge in [0.1, 0.15) is 0 Å². The third kappa shape index (κ3) is 3.00. The molecule has 0 aliphatic heterocycles. The fraction of sp³-hybridized carbons (Fsp3) is 0.385. The average Bonchev–Trinajstić information content (AvgIpc) is 2.68. The third-order valence-electron chi connectivity index (χ3n) is 2.67. The van der Waals surface area contributed by atoms with Crippen LogP contribution in [0.2, 0.25) is 5.02 Å². The van der Waals surface area contributed by atoms with Gasteiger partial charge < -0.3 is 5.32 Å². The molecule has 0 aliphatic carbocycles. The number of aromatic nitrogens is 1. The SMILES string of the molecule is CCCCC(=O)Nc1nc2cc(Cl)c(C)cc2s1. The molecule has 0 bridgehead atoms. The summed E-state index contributed by atoms with van der Waals surface area (Å²) in [5, 5.41) is 4.18. The number of nitrogens with one attached hydrogen (secondary N) is 1. The van der Waals surface area contributed by atoms with Gasteiger partial charge in [-0.3, -0.25) is 4.79 Å². The summed E-state index contributed by atoms with van der Waals surface area (Å²) >= 11 is 7.53. The Morgan fingerprint density at radius 2 is 2.28 bits per heavy atom. The van der Waals surface area contributed by atoms with Gasteiger partial charge in [0.15, 0.2) is 5.13 Å². The molecule has 1 aromatic heterocycles. The highest BCUT2D eigenvalue weighted by Crippen LogP contribution is 2.30. The molecule has 0 radical (unpaired) electrons. The number of unbranched alkanes of at least 4 members (excludes halogenated alkanes) is 1. The van der Waals surface area contributed by atoms with E-state index in [2.05, 4.69) is 17.2 Å². The number of amides is 1. The van der Waals surface area contributed by atoms with E-state index in [1.807, 2.05) is 19.1 Å². The average molecular weight is 283 g/mol. The third-order valence-corrected chi connectivity index (χ3v) is 4.01. The van der Waals surface area contributed by atoms with Crippen molar-refractivity contribution in [1.82, 2.24) is 4.98 Å². The lowest BCUT2D eigenvalue weighted by atomic mass is 10.2. The summed E-state index contributed by atoms with van der Waals surface area (Å²) in [4.78, 5) is 16.0. The van der Waals surface area contributed by atoms with Crippen molar-refractivity contribution >= 4 is 44.2 Å². The van der Waals surface area contributed by atoms with Crippen LogP contribution in [0.25, 0.3) is 10.2 Å². The van der Waals surface area contributed by atoms with Crippen molar-refractivity contribution in [3.8, 4) is 0 Å². The van der Waals surface area contributed by atoms with Crippen LogP contribution < -0.4 is 5.32 Å². The topological polar surface area (TPSA) is 42.0 Å². The van der Waals surface area contributed by atoms with Crippen molar-refractivity contribution in [2.24, 2.45) is 0 Å². The molecule has 3 nitrogen and oxygen atoms in total. The lowest BCUT2D eigenvalue weighted by Gasteiger charge is -1.98. The van der Waals surface area contributed by atoms with Crippen LogP contribution in [0.3, 0.4) is 0 Å². The maximum Gasteiger partial charge on any atom is 0.226 e. The number of halogens is 1. The fourth-order valence-corrected chi connectivity index (χ4v) is 2.74. The number of benzene rings is 1. The molecule has 0 unspecified atom stereocenters. The molecule has 0 saturated heterocycles. The Labute approximate surface area is 115 Å². The maximum atomic E-state index is 11.6. The number of anilines is 1. The minimum absolute atomic E-state index is 0.0266. The lowest BCUT2D eigenvalue weighted by Crippen LogP contribution is -2.10. The van der Waals surface area contributed by atoms with E-state index in [9.17, 15) is 4.79 Å². The molecule has 1 aromatic carbocycles. The van der Waals surface area contributed by atoms with Crippen LogP contribution in [0.4, 0.5) is 5.13 Å². The lowest BCUT2D eigenvalue weighted by molar-refractivity contribution is -0.116. The Kier molecular flexibility index (Phi) is 4.19. The number of rotatable bonds is 4.